The number of benzene rings is 2. The van der Waals surface area contributed by atoms with Crippen LogP contribution in [0, 0.1) is 0 Å². The molecule has 0 fully saturated rings. The summed E-state index contributed by atoms with van der Waals surface area (Å²) in [5.74, 6) is 0. The minimum absolute atomic E-state index is 0. The molecule has 0 radical (unpaired) electrons. The van der Waals surface area contributed by atoms with E-state index in [1.54, 1.807) is 0 Å². The number of halogens is 3. The quantitative estimate of drug-likeness (QED) is 0.449. The van der Waals surface area contributed by atoms with Gasteiger partial charge in [-0.05, 0) is 0 Å². The van der Waals surface area contributed by atoms with E-state index in [9.17, 15) is 0 Å². The smallest absolute Gasteiger partial charge is 1.00 e. The maximum atomic E-state index is 2.43. The van der Waals surface area contributed by atoms with Crippen LogP contribution in [0.1, 0.15) is 31.9 Å². The number of hydrogen-bond acceptors (Lipinski definition) is 0. The minimum atomic E-state index is -0.0888. The van der Waals surface area contributed by atoms with Crippen molar-refractivity contribution in [2.24, 2.45) is 0 Å². The predicted molar refractivity (Wildman–Crippen MR) is 89.5 cm³/mol. The van der Waals surface area contributed by atoms with Gasteiger partial charge in [-0.15, -0.1) is 0 Å². The van der Waals surface area contributed by atoms with Gasteiger partial charge in [-0.25, -0.2) is 0 Å². The summed E-state index contributed by atoms with van der Waals surface area (Å²) in [5.41, 5.74) is 5.41. The summed E-state index contributed by atoms with van der Waals surface area (Å²) in [7, 11) is 0. The van der Waals surface area contributed by atoms with Gasteiger partial charge in [-0.2, -0.15) is 0 Å². The van der Waals surface area contributed by atoms with Gasteiger partial charge in [-0.3, -0.25) is 0 Å². The Kier molecular flexibility index (Phi) is 9.26. The molecule has 2 aromatic carbocycles. The third-order valence-corrected chi connectivity index (χ3v) is 6.27. The van der Waals surface area contributed by atoms with Gasteiger partial charge >= 0.3 is 145 Å². The molecule has 4 heteroatoms. The van der Waals surface area contributed by atoms with E-state index < -0.39 is 0 Å². The minimum Gasteiger partial charge on any atom is -1.00 e. The summed E-state index contributed by atoms with van der Waals surface area (Å²) in [6.07, 6.45) is 4.87. The number of rotatable bonds is 3. The first-order valence-corrected chi connectivity index (χ1v) is 8.51. The molecule has 130 valence electrons. The second-order valence-electron chi connectivity index (χ2n) is 6.38. The largest absolute Gasteiger partial charge is 1.00 e. The van der Waals surface area contributed by atoms with Crippen LogP contribution in [0.3, 0.4) is 0 Å². The van der Waals surface area contributed by atoms with Crippen LogP contribution in [0.25, 0.3) is 0 Å². The Labute approximate surface area is 181 Å². The fraction of sp³-hybridized carbons (Fsp3) is 0.238. The van der Waals surface area contributed by atoms with Crippen molar-refractivity contribution < 1.29 is 57.7 Å². The Morgan fingerprint density at radius 1 is 0.680 bits per heavy atom. The van der Waals surface area contributed by atoms with Crippen LogP contribution in [0.15, 0.2) is 84.0 Å². The van der Waals surface area contributed by atoms with Crippen molar-refractivity contribution in [2.45, 2.75) is 29.9 Å². The molecular formula is C21H21Cl3Ti. The van der Waals surface area contributed by atoms with E-state index in [0.29, 0.717) is 0 Å². The zero-order valence-electron chi connectivity index (χ0n) is 14.6. The monoisotopic (exact) mass is 426 g/mol. The van der Waals surface area contributed by atoms with Crippen LogP contribution in [0.4, 0.5) is 0 Å². The second-order valence-corrected chi connectivity index (χ2v) is 7.67. The van der Waals surface area contributed by atoms with Crippen LogP contribution in [-0.4, -0.2) is 0 Å². The van der Waals surface area contributed by atoms with Crippen molar-refractivity contribution in [2.75, 3.05) is 0 Å². The maximum Gasteiger partial charge on any atom is -1.00 e. The van der Waals surface area contributed by atoms with Gasteiger partial charge in [0.15, 0.2) is 0 Å². The molecule has 0 atom stereocenters. The molecule has 0 amide bonds. The summed E-state index contributed by atoms with van der Waals surface area (Å²) in [5, 5.41) is 0. The maximum absolute atomic E-state index is 2.43. The zero-order valence-corrected chi connectivity index (χ0v) is 18.4. The standard InChI is InChI=1S/C21H21.3ClH.Ti/c1-16-14-20(15-17(16)2)21(3,18-10-6-4-7-11-18)19-12-8-5-9-13-19;;;;/h4-15H,1-3H3;3*1H;/q;;;;+3/p-3. The van der Waals surface area contributed by atoms with Crippen LogP contribution in [0.2, 0.25) is 3.72 Å². The Bertz CT molecular complexity index is 679. The summed E-state index contributed by atoms with van der Waals surface area (Å²) in [6, 6.07) is 21.8. The first kappa shape index (κ1) is 24.5. The molecule has 0 N–H and O–H groups in total. The van der Waals surface area contributed by atoms with Crippen LogP contribution in [0.5, 0.6) is 0 Å². The van der Waals surface area contributed by atoms with E-state index in [2.05, 4.69) is 114 Å². The first-order chi connectivity index (χ1) is 10.5. The molecule has 0 saturated heterocycles. The van der Waals surface area contributed by atoms with Crippen molar-refractivity contribution in [1.82, 2.24) is 0 Å². The molecule has 25 heavy (non-hydrogen) atoms. The molecule has 3 rings (SSSR count). The Morgan fingerprint density at radius 3 is 1.32 bits per heavy atom. The molecule has 0 bridgehead atoms. The molecule has 0 nitrogen and oxygen atoms in total. The van der Waals surface area contributed by atoms with E-state index in [1.165, 1.54) is 22.3 Å². The summed E-state index contributed by atoms with van der Waals surface area (Å²) in [4.78, 5) is 0. The zero-order chi connectivity index (χ0) is 15.8. The Morgan fingerprint density at radius 2 is 1.00 bits per heavy atom. The van der Waals surface area contributed by atoms with Crippen molar-refractivity contribution >= 4 is 0 Å². The van der Waals surface area contributed by atoms with Crippen molar-refractivity contribution in [3.63, 3.8) is 0 Å². The van der Waals surface area contributed by atoms with E-state index >= 15 is 0 Å². The number of hydrogen-bond donors (Lipinski definition) is 0. The fourth-order valence-corrected chi connectivity index (χ4v) is 4.56. The Balaban J connectivity index is 0.00000192. The normalized spacial score (nSPS) is 15.1. The molecule has 0 unspecified atom stereocenters. The van der Waals surface area contributed by atoms with E-state index in [-0.39, 0.29) is 46.4 Å². The second kappa shape index (κ2) is 9.44. The molecule has 0 aromatic heterocycles. The van der Waals surface area contributed by atoms with Crippen LogP contribution in [-0.2, 0) is 25.9 Å². The van der Waals surface area contributed by atoms with Gasteiger partial charge in [0.2, 0.25) is 0 Å². The van der Waals surface area contributed by atoms with Gasteiger partial charge < -0.3 is 37.2 Å². The molecule has 1 aliphatic carbocycles. The molecule has 0 spiro atoms. The average Bonchev–Trinajstić information content (AvgIpc) is 2.82. The van der Waals surface area contributed by atoms with E-state index in [0.717, 1.165) is 0 Å². The van der Waals surface area contributed by atoms with Gasteiger partial charge in [0, 0.05) is 0 Å². The molecule has 1 aliphatic rings. The van der Waals surface area contributed by atoms with Crippen molar-refractivity contribution in [1.29, 1.82) is 0 Å². The number of allylic oxidation sites excluding steroid dienone is 4. The molecule has 0 saturated carbocycles. The van der Waals surface area contributed by atoms with Gasteiger partial charge in [0.1, 0.15) is 0 Å². The third kappa shape index (κ3) is 4.26. The average molecular weight is 428 g/mol. The molecule has 2 aromatic rings. The summed E-state index contributed by atoms with van der Waals surface area (Å²) >= 11 is 2.35. The summed E-state index contributed by atoms with van der Waals surface area (Å²) in [6.45, 7) is 6.80. The Hall–Kier alpha value is -0.496. The first-order valence-electron chi connectivity index (χ1n) is 7.73. The van der Waals surface area contributed by atoms with E-state index in [4.69, 9.17) is 0 Å². The predicted octanol–water partition coefficient (Wildman–Crippen LogP) is -3.38. The topological polar surface area (TPSA) is 0 Å². The fourth-order valence-electron chi connectivity index (χ4n) is 3.43. The third-order valence-electron chi connectivity index (χ3n) is 5.04. The SMILES string of the molecule is CC1=C[C]([Ti+3])(C(C)(c2ccccc2)c2ccccc2)C=C1C.[Cl-].[Cl-].[Cl-]. The van der Waals surface area contributed by atoms with Gasteiger partial charge in [-0.1, -0.05) is 0 Å². The summed E-state index contributed by atoms with van der Waals surface area (Å²) < 4.78 is -0.0239. The molecule has 0 heterocycles. The van der Waals surface area contributed by atoms with Gasteiger partial charge in [0.05, 0.1) is 0 Å². The molecular weight excluding hydrogens is 406 g/mol. The van der Waals surface area contributed by atoms with Crippen molar-refractivity contribution in [3.05, 3.63) is 95.1 Å². The van der Waals surface area contributed by atoms with Crippen LogP contribution >= 0.6 is 0 Å². The van der Waals surface area contributed by atoms with Crippen LogP contribution < -0.4 is 37.2 Å². The van der Waals surface area contributed by atoms with Crippen molar-refractivity contribution in [3.8, 4) is 0 Å². The molecule has 0 aliphatic heterocycles. The van der Waals surface area contributed by atoms with E-state index in [1.807, 2.05) is 0 Å². The van der Waals surface area contributed by atoms with Gasteiger partial charge in [0.25, 0.3) is 0 Å².